The van der Waals surface area contributed by atoms with E-state index in [4.69, 9.17) is 5.11 Å². The highest BCUT2D eigenvalue weighted by Crippen LogP contribution is 2.13. The van der Waals surface area contributed by atoms with Crippen LogP contribution in [0.2, 0.25) is 0 Å². The quantitative estimate of drug-likeness (QED) is 0.733. The number of benzene rings is 1. The van der Waals surface area contributed by atoms with Crippen LogP contribution in [0.1, 0.15) is 41.7 Å². The van der Waals surface area contributed by atoms with E-state index in [2.05, 4.69) is 10.4 Å². The van der Waals surface area contributed by atoms with E-state index in [0.29, 0.717) is 18.5 Å². The fraction of sp³-hybridized carbons (Fsp3) is 0.353. The zero-order valence-corrected chi connectivity index (χ0v) is 13.2. The molecule has 0 bridgehead atoms. The SMILES string of the molecule is Cc1c(C(=O)NCCCCCC(=O)O)cnn1-c1ccccc1. The lowest BCUT2D eigenvalue weighted by Gasteiger charge is -2.06. The standard InChI is InChI=1S/C17H21N3O3/c1-13-15(12-19-20(13)14-8-4-2-5-9-14)17(23)18-11-7-3-6-10-16(21)22/h2,4-5,8-9,12H,3,6-7,10-11H2,1H3,(H,18,23)(H,21,22). The Kier molecular flexibility index (Phi) is 5.91. The summed E-state index contributed by atoms with van der Waals surface area (Å²) in [5.41, 5.74) is 2.26. The summed E-state index contributed by atoms with van der Waals surface area (Å²) in [6.45, 7) is 2.40. The summed E-state index contributed by atoms with van der Waals surface area (Å²) in [5, 5.41) is 15.7. The van der Waals surface area contributed by atoms with Gasteiger partial charge < -0.3 is 10.4 Å². The van der Waals surface area contributed by atoms with Gasteiger partial charge in [0.15, 0.2) is 0 Å². The highest BCUT2D eigenvalue weighted by atomic mass is 16.4. The van der Waals surface area contributed by atoms with Gasteiger partial charge in [0.1, 0.15) is 0 Å². The Morgan fingerprint density at radius 1 is 1.17 bits per heavy atom. The zero-order chi connectivity index (χ0) is 16.7. The normalized spacial score (nSPS) is 10.5. The molecule has 2 rings (SSSR count). The van der Waals surface area contributed by atoms with Crippen LogP contribution in [0, 0.1) is 6.92 Å². The molecule has 6 nitrogen and oxygen atoms in total. The number of amides is 1. The smallest absolute Gasteiger partial charge is 0.303 e. The number of aromatic nitrogens is 2. The van der Waals surface area contributed by atoms with Crippen molar-refractivity contribution in [3.63, 3.8) is 0 Å². The summed E-state index contributed by atoms with van der Waals surface area (Å²) in [7, 11) is 0. The summed E-state index contributed by atoms with van der Waals surface area (Å²) < 4.78 is 1.74. The van der Waals surface area contributed by atoms with Crippen LogP contribution in [0.25, 0.3) is 5.69 Å². The third-order valence-electron chi connectivity index (χ3n) is 3.61. The van der Waals surface area contributed by atoms with Crippen LogP contribution in [-0.2, 0) is 4.79 Å². The average Bonchev–Trinajstić information content (AvgIpc) is 2.93. The van der Waals surface area contributed by atoms with E-state index in [9.17, 15) is 9.59 Å². The number of aliphatic carboxylic acids is 1. The first kappa shape index (κ1) is 16.7. The molecule has 122 valence electrons. The van der Waals surface area contributed by atoms with Gasteiger partial charge in [0.2, 0.25) is 0 Å². The molecule has 23 heavy (non-hydrogen) atoms. The van der Waals surface area contributed by atoms with Crippen molar-refractivity contribution in [1.29, 1.82) is 0 Å². The van der Waals surface area contributed by atoms with Crippen molar-refractivity contribution in [2.45, 2.75) is 32.6 Å². The first-order chi connectivity index (χ1) is 11.1. The van der Waals surface area contributed by atoms with Crippen LogP contribution in [0.4, 0.5) is 0 Å². The van der Waals surface area contributed by atoms with E-state index in [1.54, 1.807) is 10.9 Å². The van der Waals surface area contributed by atoms with Crippen molar-refractivity contribution in [2.24, 2.45) is 0 Å². The minimum atomic E-state index is -0.780. The van der Waals surface area contributed by atoms with Gasteiger partial charge in [-0.15, -0.1) is 0 Å². The highest BCUT2D eigenvalue weighted by Gasteiger charge is 2.14. The number of carbonyl (C=O) groups is 2. The number of para-hydroxylation sites is 1. The Bertz CT molecular complexity index is 665. The largest absolute Gasteiger partial charge is 0.481 e. The lowest BCUT2D eigenvalue weighted by Crippen LogP contribution is -2.24. The molecule has 1 heterocycles. The van der Waals surface area contributed by atoms with Crippen molar-refractivity contribution < 1.29 is 14.7 Å². The molecule has 0 unspecified atom stereocenters. The number of hydrogen-bond donors (Lipinski definition) is 2. The van der Waals surface area contributed by atoms with Crippen LogP contribution in [0.5, 0.6) is 0 Å². The first-order valence-electron chi connectivity index (χ1n) is 7.69. The topological polar surface area (TPSA) is 84.2 Å². The molecule has 0 aliphatic carbocycles. The number of carboxylic acid groups (broad SMARTS) is 1. The Morgan fingerprint density at radius 3 is 2.61 bits per heavy atom. The lowest BCUT2D eigenvalue weighted by atomic mass is 10.2. The van der Waals surface area contributed by atoms with Crippen LogP contribution in [0.3, 0.4) is 0 Å². The van der Waals surface area contributed by atoms with Crippen molar-refractivity contribution in [3.8, 4) is 5.69 Å². The fourth-order valence-electron chi connectivity index (χ4n) is 2.34. The predicted octanol–water partition coefficient (Wildman–Crippen LogP) is 2.56. The number of carbonyl (C=O) groups excluding carboxylic acids is 1. The van der Waals surface area contributed by atoms with Gasteiger partial charge in [0.25, 0.3) is 5.91 Å². The number of nitrogens with zero attached hydrogens (tertiary/aromatic N) is 2. The number of unbranched alkanes of at least 4 members (excludes halogenated alkanes) is 2. The number of nitrogens with one attached hydrogen (secondary N) is 1. The van der Waals surface area contributed by atoms with E-state index in [1.807, 2.05) is 37.3 Å². The summed E-state index contributed by atoms with van der Waals surface area (Å²) in [6.07, 6.45) is 3.94. The molecule has 1 amide bonds. The number of rotatable bonds is 8. The molecular weight excluding hydrogens is 294 g/mol. The molecule has 0 atom stereocenters. The predicted molar refractivity (Wildman–Crippen MR) is 86.7 cm³/mol. The van der Waals surface area contributed by atoms with E-state index in [-0.39, 0.29) is 12.3 Å². The van der Waals surface area contributed by atoms with Gasteiger partial charge in [-0.1, -0.05) is 24.6 Å². The van der Waals surface area contributed by atoms with E-state index >= 15 is 0 Å². The minimum Gasteiger partial charge on any atom is -0.481 e. The van der Waals surface area contributed by atoms with Crippen molar-refractivity contribution in [2.75, 3.05) is 6.54 Å². The van der Waals surface area contributed by atoms with Gasteiger partial charge in [-0.3, -0.25) is 9.59 Å². The highest BCUT2D eigenvalue weighted by molar-refractivity contribution is 5.95. The number of carboxylic acids is 1. The second-order valence-electron chi connectivity index (χ2n) is 5.35. The molecule has 1 aromatic carbocycles. The molecule has 6 heteroatoms. The van der Waals surface area contributed by atoms with Gasteiger partial charge in [0, 0.05) is 13.0 Å². The van der Waals surface area contributed by atoms with Crippen molar-refractivity contribution in [1.82, 2.24) is 15.1 Å². The average molecular weight is 315 g/mol. The minimum absolute atomic E-state index is 0.150. The monoisotopic (exact) mass is 315 g/mol. The van der Waals surface area contributed by atoms with Crippen LogP contribution in [-0.4, -0.2) is 33.3 Å². The molecule has 0 saturated heterocycles. The molecule has 0 spiro atoms. The fourth-order valence-corrected chi connectivity index (χ4v) is 2.34. The molecule has 0 radical (unpaired) electrons. The van der Waals surface area contributed by atoms with Crippen LogP contribution < -0.4 is 5.32 Å². The van der Waals surface area contributed by atoms with Gasteiger partial charge in [0.05, 0.1) is 23.1 Å². The van der Waals surface area contributed by atoms with E-state index in [1.165, 1.54) is 0 Å². The first-order valence-corrected chi connectivity index (χ1v) is 7.69. The van der Waals surface area contributed by atoms with E-state index in [0.717, 1.165) is 24.2 Å². The van der Waals surface area contributed by atoms with Gasteiger partial charge in [-0.05, 0) is 31.9 Å². The van der Waals surface area contributed by atoms with Crippen molar-refractivity contribution in [3.05, 3.63) is 47.8 Å². The van der Waals surface area contributed by atoms with Gasteiger partial charge in [-0.25, -0.2) is 4.68 Å². The summed E-state index contributed by atoms with van der Waals surface area (Å²) in [5.74, 6) is -0.930. The molecule has 0 aliphatic rings. The molecule has 0 fully saturated rings. The third kappa shape index (κ3) is 4.67. The zero-order valence-electron chi connectivity index (χ0n) is 13.2. The molecular formula is C17H21N3O3. The lowest BCUT2D eigenvalue weighted by molar-refractivity contribution is -0.137. The third-order valence-corrected chi connectivity index (χ3v) is 3.61. The maximum absolute atomic E-state index is 12.2. The summed E-state index contributed by atoms with van der Waals surface area (Å²) in [6, 6.07) is 9.65. The van der Waals surface area contributed by atoms with Gasteiger partial charge >= 0.3 is 5.97 Å². The Labute approximate surface area is 135 Å². The maximum atomic E-state index is 12.2. The molecule has 2 N–H and O–H groups in total. The van der Waals surface area contributed by atoms with Crippen molar-refractivity contribution >= 4 is 11.9 Å². The maximum Gasteiger partial charge on any atom is 0.303 e. The summed E-state index contributed by atoms with van der Waals surface area (Å²) in [4.78, 5) is 22.6. The Balaban J connectivity index is 1.86. The Hall–Kier alpha value is -2.63. The molecule has 0 saturated carbocycles. The Morgan fingerprint density at radius 2 is 1.91 bits per heavy atom. The second-order valence-corrected chi connectivity index (χ2v) is 5.35. The molecule has 0 aliphatic heterocycles. The van der Waals surface area contributed by atoms with Crippen LogP contribution in [0.15, 0.2) is 36.5 Å². The van der Waals surface area contributed by atoms with Gasteiger partial charge in [-0.2, -0.15) is 5.10 Å². The summed E-state index contributed by atoms with van der Waals surface area (Å²) >= 11 is 0. The second kappa shape index (κ2) is 8.12. The van der Waals surface area contributed by atoms with E-state index < -0.39 is 5.97 Å². The van der Waals surface area contributed by atoms with Crippen LogP contribution >= 0.6 is 0 Å². The molecule has 2 aromatic rings. The molecule has 1 aromatic heterocycles. The number of hydrogen-bond acceptors (Lipinski definition) is 3.